The zero-order valence-electron chi connectivity index (χ0n) is 9.14. The smallest absolute Gasteiger partial charge is 0.107 e. The third-order valence-corrected chi connectivity index (χ3v) is 4.59. The standard InChI is InChI=1S/C12H17NOS/c1-9-7-10-11(15-9)3-6-14-12(10)4-2-5-13-8-12/h7,13H,2-6,8H2,1H3. The minimum atomic E-state index is 0.0105. The number of ether oxygens (including phenoxy) is 1. The normalized spacial score (nSPS) is 30.5. The van der Waals surface area contributed by atoms with E-state index in [4.69, 9.17) is 4.74 Å². The Morgan fingerprint density at radius 1 is 1.53 bits per heavy atom. The van der Waals surface area contributed by atoms with Crippen molar-refractivity contribution < 1.29 is 4.74 Å². The summed E-state index contributed by atoms with van der Waals surface area (Å²) in [6, 6.07) is 2.34. The second-order valence-electron chi connectivity index (χ2n) is 4.57. The van der Waals surface area contributed by atoms with Gasteiger partial charge in [0.15, 0.2) is 0 Å². The highest BCUT2D eigenvalue weighted by Crippen LogP contribution is 2.41. The average Bonchev–Trinajstić information content (AvgIpc) is 2.62. The van der Waals surface area contributed by atoms with Crippen LogP contribution in [0, 0.1) is 6.92 Å². The van der Waals surface area contributed by atoms with Crippen molar-refractivity contribution in [1.29, 1.82) is 0 Å². The monoisotopic (exact) mass is 223 g/mol. The second-order valence-corrected chi connectivity index (χ2v) is 5.91. The molecule has 0 aliphatic carbocycles. The first kappa shape index (κ1) is 9.82. The highest BCUT2D eigenvalue weighted by atomic mass is 32.1. The predicted octanol–water partition coefficient (Wildman–Crippen LogP) is 2.21. The Bertz CT molecular complexity index is 366. The summed E-state index contributed by atoms with van der Waals surface area (Å²) in [4.78, 5) is 2.98. The summed E-state index contributed by atoms with van der Waals surface area (Å²) in [6.07, 6.45) is 3.52. The summed E-state index contributed by atoms with van der Waals surface area (Å²) >= 11 is 1.95. The van der Waals surface area contributed by atoms with E-state index < -0.39 is 0 Å². The number of hydrogen-bond acceptors (Lipinski definition) is 3. The van der Waals surface area contributed by atoms with Crippen molar-refractivity contribution in [2.45, 2.75) is 31.8 Å². The largest absolute Gasteiger partial charge is 0.369 e. The molecule has 0 aromatic carbocycles. The lowest BCUT2D eigenvalue weighted by molar-refractivity contribution is -0.0739. The van der Waals surface area contributed by atoms with Crippen LogP contribution in [-0.2, 0) is 16.8 Å². The molecular weight excluding hydrogens is 206 g/mol. The van der Waals surface area contributed by atoms with Crippen LogP contribution in [0.1, 0.15) is 28.2 Å². The predicted molar refractivity (Wildman–Crippen MR) is 62.5 cm³/mol. The van der Waals surface area contributed by atoms with E-state index in [0.29, 0.717) is 0 Å². The molecule has 2 nitrogen and oxygen atoms in total. The van der Waals surface area contributed by atoms with Gasteiger partial charge in [0.2, 0.25) is 0 Å². The fraction of sp³-hybridized carbons (Fsp3) is 0.667. The number of aryl methyl sites for hydroxylation is 1. The highest BCUT2D eigenvalue weighted by Gasteiger charge is 2.39. The number of thiophene rings is 1. The topological polar surface area (TPSA) is 21.3 Å². The SMILES string of the molecule is Cc1cc2c(s1)CCOC21CCCNC1. The summed E-state index contributed by atoms with van der Waals surface area (Å²) in [5, 5.41) is 3.48. The second kappa shape index (κ2) is 3.58. The molecule has 1 saturated heterocycles. The van der Waals surface area contributed by atoms with Gasteiger partial charge in [0.25, 0.3) is 0 Å². The maximum absolute atomic E-state index is 6.09. The summed E-state index contributed by atoms with van der Waals surface area (Å²) in [7, 11) is 0. The molecule has 2 aliphatic rings. The van der Waals surface area contributed by atoms with Crippen LogP contribution in [0.5, 0.6) is 0 Å². The van der Waals surface area contributed by atoms with Crippen molar-refractivity contribution in [2.75, 3.05) is 19.7 Å². The van der Waals surface area contributed by atoms with E-state index in [1.54, 1.807) is 4.88 Å². The van der Waals surface area contributed by atoms with Gasteiger partial charge < -0.3 is 10.1 Å². The van der Waals surface area contributed by atoms with Crippen molar-refractivity contribution in [1.82, 2.24) is 5.32 Å². The first-order chi connectivity index (χ1) is 7.30. The van der Waals surface area contributed by atoms with Crippen molar-refractivity contribution in [3.8, 4) is 0 Å². The van der Waals surface area contributed by atoms with Gasteiger partial charge in [-0.3, -0.25) is 0 Å². The molecule has 1 fully saturated rings. The van der Waals surface area contributed by atoms with Gasteiger partial charge in [-0.2, -0.15) is 0 Å². The van der Waals surface area contributed by atoms with Crippen LogP contribution in [0.2, 0.25) is 0 Å². The summed E-state index contributed by atoms with van der Waals surface area (Å²) in [5.41, 5.74) is 1.49. The molecule has 1 aromatic heterocycles. The van der Waals surface area contributed by atoms with E-state index >= 15 is 0 Å². The average molecular weight is 223 g/mol. The van der Waals surface area contributed by atoms with Crippen LogP contribution in [-0.4, -0.2) is 19.7 Å². The van der Waals surface area contributed by atoms with Gasteiger partial charge in [0.05, 0.1) is 6.61 Å². The fourth-order valence-electron chi connectivity index (χ4n) is 2.78. The van der Waals surface area contributed by atoms with Crippen molar-refractivity contribution >= 4 is 11.3 Å². The third kappa shape index (κ3) is 1.53. The van der Waals surface area contributed by atoms with Crippen LogP contribution in [0.3, 0.4) is 0 Å². The molecule has 1 atom stereocenters. The molecule has 82 valence electrons. The van der Waals surface area contributed by atoms with Crippen LogP contribution in [0.15, 0.2) is 6.07 Å². The lowest BCUT2D eigenvalue weighted by atomic mass is 9.84. The number of piperidine rings is 1. The minimum Gasteiger partial charge on any atom is -0.369 e. The molecule has 3 heterocycles. The number of nitrogens with one attached hydrogen (secondary N) is 1. The van der Waals surface area contributed by atoms with E-state index in [0.717, 1.165) is 26.1 Å². The van der Waals surface area contributed by atoms with Gasteiger partial charge in [-0.25, -0.2) is 0 Å². The zero-order chi connectivity index (χ0) is 10.3. The van der Waals surface area contributed by atoms with Crippen LogP contribution >= 0.6 is 11.3 Å². The number of hydrogen-bond donors (Lipinski definition) is 1. The van der Waals surface area contributed by atoms with E-state index in [-0.39, 0.29) is 5.60 Å². The van der Waals surface area contributed by atoms with Crippen LogP contribution in [0.25, 0.3) is 0 Å². The Kier molecular flexibility index (Phi) is 2.34. The lowest BCUT2D eigenvalue weighted by Gasteiger charge is -2.40. The van der Waals surface area contributed by atoms with Gasteiger partial charge in [-0.05, 0) is 37.9 Å². The molecule has 3 rings (SSSR count). The molecule has 0 saturated carbocycles. The molecule has 0 amide bonds. The molecule has 1 N–H and O–H groups in total. The van der Waals surface area contributed by atoms with Crippen molar-refractivity contribution in [3.63, 3.8) is 0 Å². The zero-order valence-corrected chi connectivity index (χ0v) is 9.95. The molecular formula is C12H17NOS. The Hall–Kier alpha value is -0.380. The number of rotatable bonds is 0. The Balaban J connectivity index is 2.03. The summed E-state index contributed by atoms with van der Waals surface area (Å²) in [6.45, 7) is 5.24. The van der Waals surface area contributed by atoms with Crippen LogP contribution < -0.4 is 5.32 Å². The molecule has 2 aliphatic heterocycles. The van der Waals surface area contributed by atoms with Crippen LogP contribution in [0.4, 0.5) is 0 Å². The minimum absolute atomic E-state index is 0.0105. The summed E-state index contributed by atoms with van der Waals surface area (Å²) in [5.74, 6) is 0. The molecule has 1 unspecified atom stereocenters. The summed E-state index contributed by atoms with van der Waals surface area (Å²) < 4.78 is 6.09. The molecule has 0 radical (unpaired) electrons. The van der Waals surface area contributed by atoms with Gasteiger partial charge in [0, 0.05) is 22.7 Å². The Labute approximate surface area is 94.6 Å². The first-order valence-corrected chi connectivity index (χ1v) is 6.56. The van der Waals surface area contributed by atoms with Gasteiger partial charge in [0.1, 0.15) is 5.60 Å². The Morgan fingerprint density at radius 3 is 3.27 bits per heavy atom. The van der Waals surface area contributed by atoms with E-state index in [1.165, 1.54) is 23.3 Å². The van der Waals surface area contributed by atoms with Crippen molar-refractivity contribution in [2.24, 2.45) is 0 Å². The number of fused-ring (bicyclic) bond motifs is 2. The molecule has 15 heavy (non-hydrogen) atoms. The molecule has 1 spiro atoms. The van der Waals surface area contributed by atoms with Gasteiger partial charge in [-0.15, -0.1) is 11.3 Å². The third-order valence-electron chi connectivity index (χ3n) is 3.48. The van der Waals surface area contributed by atoms with Crippen molar-refractivity contribution in [3.05, 3.63) is 21.4 Å². The molecule has 3 heteroatoms. The van der Waals surface area contributed by atoms with E-state index in [9.17, 15) is 0 Å². The molecule has 0 bridgehead atoms. The highest BCUT2D eigenvalue weighted by molar-refractivity contribution is 7.12. The van der Waals surface area contributed by atoms with E-state index in [1.807, 2.05) is 11.3 Å². The molecule has 1 aromatic rings. The maximum Gasteiger partial charge on any atom is 0.107 e. The quantitative estimate of drug-likeness (QED) is 0.728. The van der Waals surface area contributed by atoms with Gasteiger partial charge in [-0.1, -0.05) is 0 Å². The maximum atomic E-state index is 6.09. The Morgan fingerprint density at radius 2 is 2.47 bits per heavy atom. The first-order valence-electron chi connectivity index (χ1n) is 5.75. The lowest BCUT2D eigenvalue weighted by Crippen LogP contribution is -2.47. The van der Waals surface area contributed by atoms with E-state index in [2.05, 4.69) is 18.3 Å². The van der Waals surface area contributed by atoms with Gasteiger partial charge >= 0.3 is 0 Å². The fourth-order valence-corrected chi connectivity index (χ4v) is 3.89.